The Morgan fingerprint density at radius 1 is 1.00 bits per heavy atom. The summed E-state index contributed by atoms with van der Waals surface area (Å²) in [5.74, 6) is -4.65. The molecule has 8 heteroatoms. The lowest BCUT2D eigenvalue weighted by atomic mass is 9.47. The predicted molar refractivity (Wildman–Crippen MR) is 122 cm³/mol. The Bertz CT molecular complexity index is 1130. The van der Waals surface area contributed by atoms with Crippen molar-refractivity contribution in [2.24, 2.45) is 22.7 Å². The van der Waals surface area contributed by atoms with Crippen LogP contribution >= 0.6 is 0 Å². The second-order valence-electron chi connectivity index (χ2n) is 13.0. The molecular formula is C27H36O8. The van der Waals surface area contributed by atoms with E-state index in [2.05, 4.69) is 6.92 Å². The van der Waals surface area contributed by atoms with Crippen molar-refractivity contribution < 1.29 is 38.7 Å². The first-order valence-corrected chi connectivity index (χ1v) is 12.8. The Kier molecular flexibility index (Phi) is 3.97. The standard InChI is InChI=1S/C27H36O8/c1-14(2)23-13-17-22(6,18(32-23)16-8-7-11-31-16)9-10-24(28)26(17)20(33-23)25(29)19(34-24)21(4,5)12-15(3)27(25,30)35-26/h7-8,11-12,14,17-20,28-30H,9-10,13H2,1-6H3. The molecule has 5 fully saturated rings. The van der Waals surface area contributed by atoms with Crippen LogP contribution in [-0.2, 0) is 18.9 Å². The molecule has 0 aromatic carbocycles. The van der Waals surface area contributed by atoms with Crippen molar-refractivity contribution in [3.63, 3.8) is 0 Å². The molecule has 1 saturated carbocycles. The van der Waals surface area contributed by atoms with E-state index in [-0.39, 0.29) is 18.3 Å². The highest BCUT2D eigenvalue weighted by Crippen LogP contribution is 2.77. The van der Waals surface area contributed by atoms with Crippen molar-refractivity contribution in [3.8, 4) is 0 Å². The highest BCUT2D eigenvalue weighted by Gasteiger charge is 2.92. The highest BCUT2D eigenvalue weighted by atomic mass is 16.8. The van der Waals surface area contributed by atoms with Gasteiger partial charge in [0, 0.05) is 35.5 Å². The van der Waals surface area contributed by atoms with E-state index < -0.39 is 57.7 Å². The van der Waals surface area contributed by atoms with Crippen LogP contribution in [0.1, 0.15) is 72.7 Å². The van der Waals surface area contributed by atoms with Gasteiger partial charge in [0.1, 0.15) is 24.1 Å². The largest absolute Gasteiger partial charge is 0.467 e. The van der Waals surface area contributed by atoms with E-state index in [1.54, 1.807) is 13.2 Å². The molecule has 4 bridgehead atoms. The van der Waals surface area contributed by atoms with Gasteiger partial charge in [-0.2, -0.15) is 0 Å². The molecule has 10 unspecified atom stereocenters. The van der Waals surface area contributed by atoms with Crippen LogP contribution < -0.4 is 0 Å². The van der Waals surface area contributed by atoms with Crippen LogP contribution in [0.5, 0.6) is 0 Å². The highest BCUT2D eigenvalue weighted by molar-refractivity contribution is 5.42. The average Bonchev–Trinajstić information content (AvgIpc) is 3.36. The van der Waals surface area contributed by atoms with E-state index in [9.17, 15) is 15.3 Å². The zero-order valence-corrected chi connectivity index (χ0v) is 21.2. The molecule has 4 saturated heterocycles. The Hall–Kier alpha value is -1.26. The Balaban J connectivity index is 1.52. The molecule has 4 aliphatic heterocycles. The minimum atomic E-state index is -2.07. The van der Waals surface area contributed by atoms with E-state index in [1.807, 2.05) is 45.9 Å². The monoisotopic (exact) mass is 488 g/mol. The number of hydrogen-bond donors (Lipinski definition) is 3. The minimum Gasteiger partial charge on any atom is -0.467 e. The van der Waals surface area contributed by atoms with Gasteiger partial charge in [-0.3, -0.25) is 0 Å². The topological polar surface area (TPSA) is 111 Å². The maximum absolute atomic E-state index is 12.5. The summed E-state index contributed by atoms with van der Waals surface area (Å²) >= 11 is 0. The smallest absolute Gasteiger partial charge is 0.224 e. The molecular weight excluding hydrogens is 452 g/mol. The van der Waals surface area contributed by atoms with Crippen LogP contribution in [-0.4, -0.2) is 56.1 Å². The average molecular weight is 489 g/mol. The number of hydrogen-bond acceptors (Lipinski definition) is 8. The van der Waals surface area contributed by atoms with Crippen LogP contribution in [0, 0.1) is 22.7 Å². The molecule has 5 heterocycles. The fourth-order valence-corrected chi connectivity index (χ4v) is 8.74. The molecule has 192 valence electrons. The fourth-order valence-electron chi connectivity index (χ4n) is 8.74. The van der Waals surface area contributed by atoms with Crippen molar-refractivity contribution in [3.05, 3.63) is 35.8 Å². The van der Waals surface area contributed by atoms with E-state index in [0.29, 0.717) is 24.2 Å². The number of ether oxygens (including phenoxy) is 4. The van der Waals surface area contributed by atoms with Crippen LogP contribution in [0.15, 0.2) is 34.5 Å². The molecule has 6 aliphatic rings. The molecule has 7 rings (SSSR count). The molecule has 10 atom stereocenters. The SMILES string of the molecule is CC1=CC(C)(C)C2OC3(O)CCC4(C)C(c5ccco5)OC5(C(C)C)CC4C34OC1(O)C2(O)C4O5. The summed E-state index contributed by atoms with van der Waals surface area (Å²) < 4.78 is 32.7. The number of furan rings is 1. The van der Waals surface area contributed by atoms with E-state index in [1.165, 1.54) is 0 Å². The predicted octanol–water partition coefficient (Wildman–Crippen LogP) is 3.17. The first kappa shape index (κ1) is 22.9. The van der Waals surface area contributed by atoms with Gasteiger partial charge in [-0.1, -0.05) is 40.7 Å². The summed E-state index contributed by atoms with van der Waals surface area (Å²) in [5, 5.41) is 37.0. The van der Waals surface area contributed by atoms with Crippen LogP contribution in [0.4, 0.5) is 0 Å². The molecule has 35 heavy (non-hydrogen) atoms. The molecule has 1 aromatic rings. The number of fused-ring (bicyclic) bond motifs is 1. The van der Waals surface area contributed by atoms with Crippen molar-refractivity contribution in [2.75, 3.05) is 0 Å². The Morgan fingerprint density at radius 2 is 1.74 bits per heavy atom. The maximum Gasteiger partial charge on any atom is 0.224 e. The third-order valence-corrected chi connectivity index (χ3v) is 10.5. The summed E-state index contributed by atoms with van der Waals surface area (Å²) in [7, 11) is 0. The zero-order chi connectivity index (χ0) is 25.0. The third kappa shape index (κ3) is 2.16. The van der Waals surface area contributed by atoms with Gasteiger partial charge >= 0.3 is 0 Å². The third-order valence-electron chi connectivity index (χ3n) is 10.5. The van der Waals surface area contributed by atoms with Gasteiger partial charge in [0.25, 0.3) is 0 Å². The quantitative estimate of drug-likeness (QED) is 0.545. The van der Waals surface area contributed by atoms with E-state index >= 15 is 0 Å². The second kappa shape index (κ2) is 6.07. The van der Waals surface area contributed by atoms with Crippen molar-refractivity contribution in [1.82, 2.24) is 0 Å². The van der Waals surface area contributed by atoms with Crippen molar-refractivity contribution in [1.29, 1.82) is 0 Å². The molecule has 8 nitrogen and oxygen atoms in total. The summed E-state index contributed by atoms with van der Waals surface area (Å²) in [5.41, 5.74) is -4.18. The normalized spacial score (nSPS) is 57.3. The van der Waals surface area contributed by atoms with E-state index in [4.69, 9.17) is 23.4 Å². The second-order valence-corrected chi connectivity index (χ2v) is 13.0. The van der Waals surface area contributed by atoms with Crippen molar-refractivity contribution >= 4 is 0 Å². The molecule has 3 N–H and O–H groups in total. The van der Waals surface area contributed by atoms with Gasteiger partial charge in [0.15, 0.2) is 22.8 Å². The molecule has 2 aliphatic carbocycles. The summed E-state index contributed by atoms with van der Waals surface area (Å²) in [4.78, 5) is 0. The zero-order valence-electron chi connectivity index (χ0n) is 21.2. The summed E-state index contributed by atoms with van der Waals surface area (Å²) in [6.45, 7) is 11.8. The fraction of sp³-hybridized carbons (Fsp3) is 0.778. The van der Waals surface area contributed by atoms with Crippen LogP contribution in [0.25, 0.3) is 0 Å². The number of rotatable bonds is 2. The van der Waals surface area contributed by atoms with Gasteiger partial charge in [0.05, 0.1) is 6.26 Å². The van der Waals surface area contributed by atoms with Gasteiger partial charge in [-0.25, -0.2) is 0 Å². The molecule has 0 radical (unpaired) electrons. The van der Waals surface area contributed by atoms with Gasteiger partial charge in [-0.15, -0.1) is 0 Å². The summed E-state index contributed by atoms with van der Waals surface area (Å²) in [6.07, 6.45) is 2.30. The molecule has 1 spiro atoms. The van der Waals surface area contributed by atoms with E-state index in [0.717, 1.165) is 0 Å². The molecule has 1 aromatic heterocycles. The van der Waals surface area contributed by atoms with Gasteiger partial charge < -0.3 is 38.7 Å². The van der Waals surface area contributed by atoms with Crippen LogP contribution in [0.3, 0.4) is 0 Å². The first-order valence-electron chi connectivity index (χ1n) is 12.8. The van der Waals surface area contributed by atoms with Gasteiger partial charge in [-0.05, 0) is 31.1 Å². The minimum absolute atomic E-state index is 0.0816. The maximum atomic E-state index is 12.5. The van der Waals surface area contributed by atoms with Crippen LogP contribution in [0.2, 0.25) is 0 Å². The Labute approximate surface area is 205 Å². The Morgan fingerprint density at radius 3 is 2.40 bits per heavy atom. The lowest BCUT2D eigenvalue weighted by Gasteiger charge is -2.72. The van der Waals surface area contributed by atoms with Crippen molar-refractivity contribution in [2.45, 2.75) is 108 Å². The first-order chi connectivity index (χ1) is 16.2. The lowest BCUT2D eigenvalue weighted by Crippen LogP contribution is -2.86. The van der Waals surface area contributed by atoms with Gasteiger partial charge in [0.2, 0.25) is 5.79 Å². The molecule has 0 amide bonds. The lowest BCUT2D eigenvalue weighted by molar-refractivity contribution is -0.497. The summed E-state index contributed by atoms with van der Waals surface area (Å²) in [6, 6.07) is 3.74. The number of aliphatic hydroxyl groups is 3.